The number of hydrogen-bond acceptors (Lipinski definition) is 25. The van der Waals surface area contributed by atoms with Crippen molar-refractivity contribution in [3.63, 3.8) is 0 Å². The van der Waals surface area contributed by atoms with Gasteiger partial charge in [0.15, 0.2) is 31.5 Å². The fourth-order valence-electron chi connectivity index (χ4n) is 7.66. The predicted molar refractivity (Wildman–Crippen MR) is 188 cm³/mol. The molecule has 16 N–H and O–H groups in total. The van der Waals surface area contributed by atoms with Crippen LogP contribution < -0.4 is 10.6 Å². The van der Waals surface area contributed by atoms with Crippen molar-refractivity contribution < 1.29 is 124 Å². The Hall–Kier alpha value is -1.98. The summed E-state index contributed by atoms with van der Waals surface area (Å²) in [5.41, 5.74) is 0. The van der Waals surface area contributed by atoms with Crippen molar-refractivity contribution in [1.29, 1.82) is 0 Å². The molecule has 0 radical (unpaired) electrons. The highest BCUT2D eigenvalue weighted by molar-refractivity contribution is 5.73. The quantitative estimate of drug-likeness (QED) is 0.0770. The van der Waals surface area contributed by atoms with Gasteiger partial charge in [-0.05, 0) is 6.92 Å². The van der Waals surface area contributed by atoms with E-state index in [2.05, 4.69) is 10.6 Å². The Labute approximate surface area is 346 Å². The van der Waals surface area contributed by atoms with Crippen LogP contribution in [0.2, 0.25) is 0 Å². The van der Waals surface area contributed by atoms with Gasteiger partial charge in [0, 0.05) is 13.8 Å². The van der Waals surface area contributed by atoms with Gasteiger partial charge in [-0.3, -0.25) is 9.59 Å². The Bertz CT molecular complexity index is 1420. The van der Waals surface area contributed by atoms with Crippen LogP contribution in [0, 0.1) is 0 Å². The zero-order valence-electron chi connectivity index (χ0n) is 33.0. The van der Waals surface area contributed by atoms with Gasteiger partial charge in [-0.2, -0.15) is 0 Å². The molecule has 27 heteroatoms. The van der Waals surface area contributed by atoms with E-state index in [0.29, 0.717) is 0 Å². The highest BCUT2D eigenvalue weighted by Gasteiger charge is 2.56. The number of carbonyl (C=O) groups excluding carboxylic acids is 2. The molecule has 0 aliphatic carbocycles. The summed E-state index contributed by atoms with van der Waals surface area (Å²) in [5, 5.41) is 152. The molecule has 5 fully saturated rings. The summed E-state index contributed by atoms with van der Waals surface area (Å²) in [4.78, 5) is 24.4. The highest BCUT2D eigenvalue weighted by atomic mass is 16.8. The van der Waals surface area contributed by atoms with Gasteiger partial charge in [-0.25, -0.2) is 0 Å². The summed E-state index contributed by atoms with van der Waals surface area (Å²) in [7, 11) is 0. The monoisotopic (exact) mass is 894 g/mol. The van der Waals surface area contributed by atoms with Gasteiger partial charge in [0.1, 0.15) is 116 Å². The Kier molecular flexibility index (Phi) is 17.5. The van der Waals surface area contributed by atoms with Gasteiger partial charge in [-0.1, -0.05) is 0 Å². The van der Waals surface area contributed by atoms with E-state index in [1.807, 2.05) is 0 Å². The smallest absolute Gasteiger partial charge is 0.217 e. The lowest BCUT2D eigenvalue weighted by Crippen LogP contribution is -2.69. The Morgan fingerprint density at radius 3 is 1.51 bits per heavy atom. The van der Waals surface area contributed by atoms with Crippen molar-refractivity contribution >= 4 is 11.8 Å². The minimum atomic E-state index is -1.96. The molecule has 2 amide bonds. The second-order valence-electron chi connectivity index (χ2n) is 15.4. The van der Waals surface area contributed by atoms with E-state index in [1.54, 1.807) is 0 Å². The first-order chi connectivity index (χ1) is 28.7. The standard InChI is InChI=1S/C34H58N2O25/c1-8-17(42)22(47)25(50)32(54-8)61-29-24(49)19(44)12(5-38)57-34(29)59-27-13(6-39)58-31(15(21(27)46)35-9(2)40)53-7-14-20(45)28(16(30(52)55-14)36-10(3)41)60-33-26(51)23(48)18(43)11(4-37)56-33/h8,11-34,37-39,42-52H,4-7H2,1-3H3,(H,35,40)(H,36,41)/t8-,11+,12+,13+,14+,15+,16+,17+,18-,19-,20-,21+,22+,23-,24-,25-,26+,27+,28+,29+,30?,31+,32-,33-,34-/m0/s1. The van der Waals surface area contributed by atoms with Crippen molar-refractivity contribution in [2.45, 2.75) is 174 Å². The molecule has 61 heavy (non-hydrogen) atoms. The molecule has 354 valence electrons. The molecule has 5 heterocycles. The van der Waals surface area contributed by atoms with Crippen LogP contribution in [0.4, 0.5) is 0 Å². The van der Waals surface area contributed by atoms with E-state index in [-0.39, 0.29) is 0 Å². The number of carbonyl (C=O) groups is 2. The summed E-state index contributed by atoms with van der Waals surface area (Å²) < 4.78 is 51.1. The summed E-state index contributed by atoms with van der Waals surface area (Å²) in [5.74, 6) is -1.49. The SMILES string of the molecule is CC(=O)N[C@H]1[C@H](OC[C@H]2OC(O)[C@H](NC(C)=O)[C@@H](O[C@@H]3O[C@H](CO)[C@H](O)[C@H](O)[C@H]3O)[C@H]2O)O[C@H](CO)[C@@H](O[C@@H]2O[C@H](CO)[C@H](O)[C@H](O)[C@H]2O[C@@H]2O[C@@H](C)[C@@H](O)[C@@H](O)[C@@H]2O)[C@@H]1O. The van der Waals surface area contributed by atoms with Crippen molar-refractivity contribution in [3.8, 4) is 0 Å². The molecule has 0 aromatic heterocycles. The van der Waals surface area contributed by atoms with E-state index in [4.69, 9.17) is 42.6 Å². The highest BCUT2D eigenvalue weighted by Crippen LogP contribution is 2.34. The van der Waals surface area contributed by atoms with E-state index in [1.165, 1.54) is 6.92 Å². The van der Waals surface area contributed by atoms with Crippen molar-refractivity contribution in [1.82, 2.24) is 10.6 Å². The molecule has 25 atom stereocenters. The topological polar surface area (TPSA) is 424 Å². The van der Waals surface area contributed by atoms with Crippen LogP contribution in [-0.2, 0) is 52.2 Å². The van der Waals surface area contributed by atoms with Crippen molar-refractivity contribution in [2.24, 2.45) is 0 Å². The maximum absolute atomic E-state index is 12.4. The first kappa shape index (κ1) is 50.0. The van der Waals surface area contributed by atoms with Gasteiger partial charge < -0.3 is 125 Å². The maximum Gasteiger partial charge on any atom is 0.217 e. The number of ether oxygens (including phenoxy) is 9. The lowest BCUT2D eigenvalue weighted by molar-refractivity contribution is -0.383. The van der Waals surface area contributed by atoms with E-state index in [0.717, 1.165) is 13.8 Å². The molecule has 5 aliphatic heterocycles. The molecule has 0 spiro atoms. The number of aliphatic hydroxyl groups is 14. The number of aliphatic hydroxyl groups excluding tert-OH is 14. The van der Waals surface area contributed by atoms with Crippen LogP contribution in [0.25, 0.3) is 0 Å². The van der Waals surface area contributed by atoms with Crippen molar-refractivity contribution in [2.75, 3.05) is 26.4 Å². The van der Waals surface area contributed by atoms with Crippen LogP contribution in [0.1, 0.15) is 20.8 Å². The summed E-state index contributed by atoms with van der Waals surface area (Å²) >= 11 is 0. The molecule has 27 nitrogen and oxygen atoms in total. The van der Waals surface area contributed by atoms with Gasteiger partial charge in [0.05, 0.1) is 32.5 Å². The zero-order valence-corrected chi connectivity index (χ0v) is 33.0. The second-order valence-corrected chi connectivity index (χ2v) is 15.4. The van der Waals surface area contributed by atoms with Gasteiger partial charge in [0.2, 0.25) is 11.8 Å². The molecular weight excluding hydrogens is 836 g/mol. The number of nitrogens with one attached hydrogen (secondary N) is 2. The van der Waals surface area contributed by atoms with Crippen LogP contribution in [-0.4, -0.2) is 263 Å². The average molecular weight is 895 g/mol. The number of amides is 2. The van der Waals surface area contributed by atoms with Crippen LogP contribution in [0.3, 0.4) is 0 Å². The fraction of sp³-hybridized carbons (Fsp3) is 0.941. The Morgan fingerprint density at radius 2 is 0.934 bits per heavy atom. The van der Waals surface area contributed by atoms with Crippen LogP contribution in [0.15, 0.2) is 0 Å². The maximum atomic E-state index is 12.4. The zero-order chi connectivity index (χ0) is 45.2. The Morgan fingerprint density at radius 1 is 0.459 bits per heavy atom. The molecule has 0 aromatic rings. The lowest BCUT2D eigenvalue weighted by Gasteiger charge is -2.49. The second kappa shape index (κ2) is 21.3. The molecule has 5 rings (SSSR count). The largest absolute Gasteiger partial charge is 0.394 e. The van der Waals surface area contributed by atoms with Gasteiger partial charge in [0.25, 0.3) is 0 Å². The first-order valence-electron chi connectivity index (χ1n) is 19.4. The van der Waals surface area contributed by atoms with Crippen LogP contribution >= 0.6 is 0 Å². The third-order valence-electron chi connectivity index (χ3n) is 11.1. The van der Waals surface area contributed by atoms with E-state index in [9.17, 15) is 81.1 Å². The van der Waals surface area contributed by atoms with E-state index < -0.39 is 192 Å². The third kappa shape index (κ3) is 10.9. The van der Waals surface area contributed by atoms with E-state index >= 15 is 0 Å². The molecule has 5 saturated heterocycles. The predicted octanol–water partition coefficient (Wildman–Crippen LogP) is -10.6. The molecular formula is C34H58N2O25. The first-order valence-corrected chi connectivity index (χ1v) is 19.4. The summed E-state index contributed by atoms with van der Waals surface area (Å²) in [6, 6.07) is -3.15. The Balaban J connectivity index is 1.34. The minimum Gasteiger partial charge on any atom is -0.394 e. The summed E-state index contributed by atoms with van der Waals surface area (Å²) in [6.45, 7) is 0.0649. The van der Waals surface area contributed by atoms with Crippen molar-refractivity contribution in [3.05, 3.63) is 0 Å². The minimum absolute atomic E-state index is 0.728. The third-order valence-corrected chi connectivity index (χ3v) is 11.1. The summed E-state index contributed by atoms with van der Waals surface area (Å²) in [6.07, 6.45) is -40.1. The number of hydrogen-bond donors (Lipinski definition) is 16. The van der Waals surface area contributed by atoms with Gasteiger partial charge in [-0.15, -0.1) is 0 Å². The molecule has 0 aromatic carbocycles. The lowest BCUT2D eigenvalue weighted by atomic mass is 9.94. The molecule has 0 saturated carbocycles. The number of rotatable bonds is 14. The molecule has 1 unspecified atom stereocenters. The normalized spacial score (nSPS) is 49.6. The van der Waals surface area contributed by atoms with Crippen LogP contribution in [0.5, 0.6) is 0 Å². The average Bonchev–Trinajstić information content (AvgIpc) is 3.21. The fourth-order valence-corrected chi connectivity index (χ4v) is 7.66. The molecule has 5 aliphatic rings. The van der Waals surface area contributed by atoms with Gasteiger partial charge >= 0.3 is 0 Å². The molecule has 0 bridgehead atoms.